The first kappa shape index (κ1) is 11.2. The van der Waals surface area contributed by atoms with E-state index >= 15 is 0 Å². The average molecular weight is 254 g/mol. The molecule has 0 radical (unpaired) electrons. The first-order chi connectivity index (χ1) is 9.81. The van der Waals surface area contributed by atoms with E-state index in [1.165, 1.54) is 32.7 Å². The maximum absolute atomic E-state index is 4.19. The fourth-order valence-electron chi connectivity index (χ4n) is 3.23. The second-order valence-electron chi connectivity index (χ2n) is 5.17. The summed E-state index contributed by atoms with van der Waals surface area (Å²) in [5.41, 5.74) is 3.76. The molecule has 0 amide bonds. The molecule has 0 N–H and O–H groups in total. The quantitative estimate of drug-likeness (QED) is 0.454. The third kappa shape index (κ3) is 1.31. The molecule has 0 bridgehead atoms. The summed E-state index contributed by atoms with van der Waals surface area (Å²) in [5, 5.41) is 6.22. The van der Waals surface area contributed by atoms with E-state index in [1.807, 2.05) is 6.08 Å². The summed E-state index contributed by atoms with van der Waals surface area (Å²) < 4.78 is 0. The molecule has 0 aromatic heterocycles. The molecule has 0 saturated heterocycles. The predicted octanol–water partition coefficient (Wildman–Crippen LogP) is 4.87. The SMILES string of the molecule is C=Cc1ccc2c3cccccc-3c3ccc(=C)c1c23. The van der Waals surface area contributed by atoms with Crippen LogP contribution in [-0.2, 0) is 0 Å². The minimum absolute atomic E-state index is 1.07. The summed E-state index contributed by atoms with van der Waals surface area (Å²) in [4.78, 5) is 0. The summed E-state index contributed by atoms with van der Waals surface area (Å²) in [7, 11) is 0. The Morgan fingerprint density at radius 2 is 1.35 bits per heavy atom. The van der Waals surface area contributed by atoms with Crippen LogP contribution in [0.2, 0.25) is 0 Å². The number of hydrogen-bond acceptors (Lipinski definition) is 0. The van der Waals surface area contributed by atoms with E-state index in [0.29, 0.717) is 0 Å². The molecule has 94 valence electrons. The van der Waals surface area contributed by atoms with Gasteiger partial charge in [-0.3, -0.25) is 0 Å². The van der Waals surface area contributed by atoms with Crippen LogP contribution in [0.25, 0.3) is 45.3 Å². The van der Waals surface area contributed by atoms with Crippen molar-refractivity contribution in [3.63, 3.8) is 0 Å². The fourth-order valence-corrected chi connectivity index (χ4v) is 3.23. The Kier molecular flexibility index (Phi) is 2.22. The Morgan fingerprint density at radius 1 is 0.700 bits per heavy atom. The minimum Gasteiger partial charge on any atom is -0.0984 e. The van der Waals surface area contributed by atoms with Crippen LogP contribution >= 0.6 is 0 Å². The maximum Gasteiger partial charge on any atom is -0.00145 e. The van der Waals surface area contributed by atoms with Crippen molar-refractivity contribution in [2.24, 2.45) is 0 Å². The third-order valence-corrected chi connectivity index (χ3v) is 4.12. The minimum atomic E-state index is 1.07. The van der Waals surface area contributed by atoms with E-state index in [-0.39, 0.29) is 0 Å². The predicted molar refractivity (Wildman–Crippen MR) is 88.9 cm³/mol. The number of fused-ring (bicyclic) bond motifs is 3. The van der Waals surface area contributed by atoms with Gasteiger partial charge in [-0.2, -0.15) is 0 Å². The Labute approximate surface area is 118 Å². The topological polar surface area (TPSA) is 0 Å². The van der Waals surface area contributed by atoms with Gasteiger partial charge in [-0.25, -0.2) is 0 Å². The van der Waals surface area contributed by atoms with Crippen LogP contribution in [0, 0.1) is 0 Å². The molecule has 2 aliphatic rings. The maximum atomic E-state index is 4.19. The number of rotatable bonds is 1. The normalized spacial score (nSPS) is 11.4. The summed E-state index contributed by atoms with van der Waals surface area (Å²) >= 11 is 0. The highest BCUT2D eigenvalue weighted by Crippen LogP contribution is 2.41. The van der Waals surface area contributed by atoms with Crippen molar-refractivity contribution in [1.82, 2.24) is 0 Å². The molecule has 0 nitrogen and oxygen atoms in total. The summed E-state index contributed by atoms with van der Waals surface area (Å²) in [6, 6.07) is 19.3. The van der Waals surface area contributed by atoms with E-state index in [1.54, 1.807) is 0 Å². The van der Waals surface area contributed by atoms with Crippen LogP contribution in [0.4, 0.5) is 0 Å². The Balaban J connectivity index is 2.42. The Morgan fingerprint density at radius 3 is 2.00 bits per heavy atom. The van der Waals surface area contributed by atoms with Gasteiger partial charge in [0.15, 0.2) is 0 Å². The van der Waals surface area contributed by atoms with E-state index in [0.717, 1.165) is 10.8 Å². The van der Waals surface area contributed by atoms with E-state index in [4.69, 9.17) is 0 Å². The highest BCUT2D eigenvalue weighted by Gasteiger charge is 2.16. The molecule has 0 fully saturated rings. The van der Waals surface area contributed by atoms with Crippen molar-refractivity contribution in [1.29, 1.82) is 0 Å². The lowest BCUT2D eigenvalue weighted by Crippen LogP contribution is -1.99. The molecule has 2 aromatic rings. The van der Waals surface area contributed by atoms with Gasteiger partial charge in [-0.1, -0.05) is 73.8 Å². The van der Waals surface area contributed by atoms with Crippen LogP contribution in [0.5, 0.6) is 0 Å². The van der Waals surface area contributed by atoms with Gasteiger partial charge in [0, 0.05) is 0 Å². The van der Waals surface area contributed by atoms with Gasteiger partial charge in [-0.05, 0) is 43.5 Å². The van der Waals surface area contributed by atoms with Crippen LogP contribution in [0.15, 0.2) is 61.2 Å². The van der Waals surface area contributed by atoms with Gasteiger partial charge >= 0.3 is 0 Å². The molecule has 20 heavy (non-hydrogen) atoms. The van der Waals surface area contributed by atoms with Crippen molar-refractivity contribution >= 4 is 34.2 Å². The smallest absolute Gasteiger partial charge is 0.00145 e. The highest BCUT2D eigenvalue weighted by molar-refractivity contribution is 6.24. The highest BCUT2D eigenvalue weighted by atomic mass is 14.2. The first-order valence-electron chi connectivity index (χ1n) is 6.78. The molecule has 0 spiro atoms. The molecule has 0 saturated carbocycles. The van der Waals surface area contributed by atoms with E-state index in [9.17, 15) is 0 Å². The molecule has 2 aliphatic carbocycles. The lowest BCUT2D eigenvalue weighted by Gasteiger charge is -2.04. The van der Waals surface area contributed by atoms with Gasteiger partial charge in [0.2, 0.25) is 0 Å². The largest absolute Gasteiger partial charge is 0.0984 e. The molecular weight excluding hydrogens is 240 g/mol. The molecule has 0 heterocycles. The monoisotopic (exact) mass is 254 g/mol. The van der Waals surface area contributed by atoms with Crippen molar-refractivity contribution in [2.75, 3.05) is 0 Å². The average Bonchev–Trinajstić information content (AvgIpc) is 2.64. The van der Waals surface area contributed by atoms with Crippen molar-refractivity contribution in [3.8, 4) is 11.1 Å². The molecule has 0 unspecified atom stereocenters. The summed E-state index contributed by atoms with van der Waals surface area (Å²) in [6.45, 7) is 8.13. The van der Waals surface area contributed by atoms with Gasteiger partial charge in [0.25, 0.3) is 0 Å². The van der Waals surface area contributed by atoms with E-state index < -0.39 is 0 Å². The molecule has 2 aromatic carbocycles. The first-order valence-corrected chi connectivity index (χ1v) is 6.78. The molecule has 4 rings (SSSR count). The standard InChI is InChI=1S/C20H14/c1-3-14-10-12-18-16-8-6-4-5-7-15(16)17-11-9-13(2)19(14)20(17)18/h3-12H,1-2H2. The lowest BCUT2D eigenvalue weighted by molar-refractivity contribution is 1.73. The lowest BCUT2D eigenvalue weighted by atomic mass is 10.00. The van der Waals surface area contributed by atoms with Crippen LogP contribution in [-0.4, -0.2) is 0 Å². The fraction of sp³-hybridized carbons (Fsp3) is 0. The molecule has 0 aliphatic heterocycles. The third-order valence-electron chi connectivity index (χ3n) is 4.12. The number of benzene rings is 2. The van der Waals surface area contributed by atoms with Gasteiger partial charge in [0.05, 0.1) is 0 Å². The van der Waals surface area contributed by atoms with Crippen molar-refractivity contribution in [3.05, 3.63) is 72.0 Å². The zero-order valence-corrected chi connectivity index (χ0v) is 11.2. The summed E-state index contributed by atoms with van der Waals surface area (Å²) in [5.74, 6) is 0. The van der Waals surface area contributed by atoms with Gasteiger partial charge in [-0.15, -0.1) is 0 Å². The second kappa shape index (κ2) is 3.94. The zero-order valence-electron chi connectivity index (χ0n) is 11.2. The van der Waals surface area contributed by atoms with Crippen LogP contribution < -0.4 is 5.22 Å². The van der Waals surface area contributed by atoms with E-state index in [2.05, 4.69) is 67.8 Å². The Hall–Kier alpha value is -2.60. The summed E-state index contributed by atoms with van der Waals surface area (Å²) in [6.07, 6.45) is 1.92. The number of hydrogen-bond donors (Lipinski definition) is 0. The van der Waals surface area contributed by atoms with Gasteiger partial charge < -0.3 is 0 Å². The van der Waals surface area contributed by atoms with Crippen LogP contribution in [0.3, 0.4) is 0 Å². The molecule has 0 heteroatoms. The van der Waals surface area contributed by atoms with Gasteiger partial charge in [0.1, 0.15) is 0 Å². The second-order valence-corrected chi connectivity index (χ2v) is 5.17. The molecular formula is C20H14. The molecule has 0 atom stereocenters. The Bertz CT molecular complexity index is 944. The van der Waals surface area contributed by atoms with Crippen molar-refractivity contribution < 1.29 is 0 Å². The zero-order chi connectivity index (χ0) is 13.7. The van der Waals surface area contributed by atoms with Crippen molar-refractivity contribution in [2.45, 2.75) is 0 Å². The van der Waals surface area contributed by atoms with Crippen LogP contribution in [0.1, 0.15) is 5.56 Å².